The second kappa shape index (κ2) is 10.4. The highest BCUT2D eigenvalue weighted by atomic mass is 19.1. The minimum Gasteiger partial charge on any atom is -0.497 e. The summed E-state index contributed by atoms with van der Waals surface area (Å²) in [6.45, 7) is 6.78. The van der Waals surface area contributed by atoms with E-state index in [0.29, 0.717) is 23.8 Å². The Morgan fingerprint density at radius 1 is 1.03 bits per heavy atom. The molecule has 0 aliphatic heterocycles. The lowest BCUT2D eigenvalue weighted by Crippen LogP contribution is -2.17. The number of carboxylic acid groups (broad SMARTS) is 1. The third kappa shape index (κ3) is 5.03. The molecular formula is C33H37FO4. The SMILES string of the molecule is COc1ccc(F)c(-c2ccc(COc3ccc4c(c3)C(C(C)C(=O)O)CC4)cc2[C@H]2CCCC2(C)C)c1. The Labute approximate surface area is 224 Å². The van der Waals surface area contributed by atoms with Gasteiger partial charge < -0.3 is 14.6 Å². The van der Waals surface area contributed by atoms with Crippen LogP contribution in [0.5, 0.6) is 11.5 Å². The molecule has 2 aliphatic carbocycles. The number of ether oxygens (including phenoxy) is 2. The molecule has 2 aliphatic rings. The van der Waals surface area contributed by atoms with Gasteiger partial charge in [0.1, 0.15) is 23.9 Å². The van der Waals surface area contributed by atoms with E-state index in [-0.39, 0.29) is 17.2 Å². The van der Waals surface area contributed by atoms with Crippen molar-refractivity contribution in [2.45, 2.75) is 71.3 Å². The van der Waals surface area contributed by atoms with Crippen LogP contribution in [0.4, 0.5) is 4.39 Å². The molecule has 3 atom stereocenters. The molecule has 5 rings (SSSR count). The van der Waals surface area contributed by atoms with Crippen LogP contribution >= 0.6 is 0 Å². The van der Waals surface area contributed by atoms with Crippen molar-refractivity contribution in [2.24, 2.45) is 11.3 Å². The first-order valence-corrected chi connectivity index (χ1v) is 13.6. The number of rotatable bonds is 8. The van der Waals surface area contributed by atoms with Gasteiger partial charge in [-0.1, -0.05) is 51.5 Å². The monoisotopic (exact) mass is 516 g/mol. The first-order valence-electron chi connectivity index (χ1n) is 13.6. The van der Waals surface area contributed by atoms with Gasteiger partial charge in [-0.25, -0.2) is 4.39 Å². The van der Waals surface area contributed by atoms with Crippen molar-refractivity contribution in [3.63, 3.8) is 0 Å². The van der Waals surface area contributed by atoms with E-state index in [2.05, 4.69) is 26.0 Å². The molecular weight excluding hydrogens is 479 g/mol. The van der Waals surface area contributed by atoms with Gasteiger partial charge in [0.05, 0.1) is 13.0 Å². The van der Waals surface area contributed by atoms with E-state index in [1.807, 2.05) is 24.3 Å². The third-order valence-corrected chi connectivity index (χ3v) is 8.85. The molecule has 0 heterocycles. The number of fused-ring (bicyclic) bond motifs is 1. The van der Waals surface area contributed by atoms with E-state index in [9.17, 15) is 9.90 Å². The van der Waals surface area contributed by atoms with Crippen LogP contribution in [-0.4, -0.2) is 18.2 Å². The number of methoxy groups -OCH3 is 1. The molecule has 38 heavy (non-hydrogen) atoms. The Morgan fingerprint density at radius 3 is 2.53 bits per heavy atom. The number of carbonyl (C=O) groups is 1. The minimum atomic E-state index is -0.760. The molecule has 4 nitrogen and oxygen atoms in total. The molecule has 5 heteroatoms. The normalized spacial score (nSPS) is 20.7. The highest BCUT2D eigenvalue weighted by Crippen LogP contribution is 2.51. The predicted molar refractivity (Wildman–Crippen MR) is 147 cm³/mol. The maximum absolute atomic E-state index is 15.1. The molecule has 3 aromatic rings. The third-order valence-electron chi connectivity index (χ3n) is 8.85. The van der Waals surface area contributed by atoms with Crippen molar-refractivity contribution in [1.82, 2.24) is 0 Å². The van der Waals surface area contributed by atoms with Crippen LogP contribution in [-0.2, 0) is 17.8 Å². The average molecular weight is 517 g/mol. The fourth-order valence-corrected chi connectivity index (χ4v) is 6.54. The van der Waals surface area contributed by atoms with E-state index in [1.165, 1.54) is 11.6 Å². The van der Waals surface area contributed by atoms with Crippen molar-refractivity contribution < 1.29 is 23.8 Å². The Hall–Kier alpha value is -3.34. The molecule has 1 saturated carbocycles. The van der Waals surface area contributed by atoms with Gasteiger partial charge in [0, 0.05) is 5.56 Å². The van der Waals surface area contributed by atoms with E-state index >= 15 is 4.39 Å². The van der Waals surface area contributed by atoms with Gasteiger partial charge in [-0.05, 0) is 101 Å². The Morgan fingerprint density at radius 2 is 1.82 bits per heavy atom. The van der Waals surface area contributed by atoms with E-state index in [4.69, 9.17) is 9.47 Å². The van der Waals surface area contributed by atoms with Gasteiger partial charge >= 0.3 is 5.97 Å². The predicted octanol–water partition coefficient (Wildman–Crippen LogP) is 8.12. The zero-order valence-corrected chi connectivity index (χ0v) is 22.7. The summed E-state index contributed by atoms with van der Waals surface area (Å²) >= 11 is 0. The van der Waals surface area contributed by atoms with Crippen molar-refractivity contribution >= 4 is 5.97 Å². The fraction of sp³-hybridized carbons (Fsp3) is 0.424. The van der Waals surface area contributed by atoms with E-state index in [1.54, 1.807) is 26.2 Å². The van der Waals surface area contributed by atoms with Crippen LogP contribution in [0.15, 0.2) is 54.6 Å². The lowest BCUT2D eigenvalue weighted by Gasteiger charge is -2.30. The van der Waals surface area contributed by atoms with Crippen LogP contribution in [0, 0.1) is 17.2 Å². The zero-order chi connectivity index (χ0) is 27.0. The molecule has 0 spiro atoms. The molecule has 3 aromatic carbocycles. The van der Waals surface area contributed by atoms with E-state index in [0.717, 1.165) is 60.1 Å². The van der Waals surface area contributed by atoms with E-state index < -0.39 is 11.9 Å². The first-order chi connectivity index (χ1) is 18.2. The highest BCUT2D eigenvalue weighted by Gasteiger charge is 2.37. The first kappa shape index (κ1) is 26.3. The lowest BCUT2D eigenvalue weighted by molar-refractivity contribution is -0.141. The molecule has 2 unspecified atom stereocenters. The lowest BCUT2D eigenvalue weighted by atomic mass is 9.75. The Bertz CT molecular complexity index is 1340. The zero-order valence-electron chi connectivity index (χ0n) is 22.7. The maximum Gasteiger partial charge on any atom is 0.306 e. The summed E-state index contributed by atoms with van der Waals surface area (Å²) in [5.74, 6) is 0.282. The maximum atomic E-state index is 15.1. The number of benzene rings is 3. The Balaban J connectivity index is 1.45. The summed E-state index contributed by atoms with van der Waals surface area (Å²) in [5, 5.41) is 9.53. The molecule has 1 fully saturated rings. The average Bonchev–Trinajstić information content (AvgIpc) is 3.49. The van der Waals surface area contributed by atoms with Crippen LogP contribution in [0.2, 0.25) is 0 Å². The van der Waals surface area contributed by atoms with Gasteiger partial charge in [0.25, 0.3) is 0 Å². The molecule has 0 amide bonds. The van der Waals surface area contributed by atoms with Crippen LogP contribution in [0.3, 0.4) is 0 Å². The van der Waals surface area contributed by atoms with Gasteiger partial charge in [0.15, 0.2) is 0 Å². The summed E-state index contributed by atoms with van der Waals surface area (Å²) in [6.07, 6.45) is 5.13. The van der Waals surface area contributed by atoms with Gasteiger partial charge in [-0.2, -0.15) is 0 Å². The second-order valence-electron chi connectivity index (χ2n) is 11.6. The number of halogens is 1. The number of carboxylic acids is 1. The molecule has 0 radical (unpaired) electrons. The Kier molecular flexibility index (Phi) is 7.21. The van der Waals surface area contributed by atoms with Gasteiger partial charge in [0.2, 0.25) is 0 Å². The van der Waals surface area contributed by atoms with Crippen molar-refractivity contribution in [2.75, 3.05) is 7.11 Å². The van der Waals surface area contributed by atoms with Crippen LogP contribution in [0.1, 0.15) is 80.5 Å². The topological polar surface area (TPSA) is 55.8 Å². The largest absolute Gasteiger partial charge is 0.497 e. The number of aliphatic carboxylic acids is 1. The molecule has 200 valence electrons. The van der Waals surface area contributed by atoms with Crippen LogP contribution in [0.25, 0.3) is 11.1 Å². The van der Waals surface area contributed by atoms with Crippen LogP contribution < -0.4 is 9.47 Å². The number of hydrogen-bond donors (Lipinski definition) is 1. The quantitative estimate of drug-likeness (QED) is 0.328. The second-order valence-corrected chi connectivity index (χ2v) is 11.6. The summed E-state index contributed by atoms with van der Waals surface area (Å²) in [6, 6.07) is 17.2. The van der Waals surface area contributed by atoms with Gasteiger partial charge in [-0.15, -0.1) is 0 Å². The molecule has 0 bridgehead atoms. The smallest absolute Gasteiger partial charge is 0.306 e. The molecule has 0 aromatic heterocycles. The molecule has 1 N–H and O–H groups in total. The summed E-state index contributed by atoms with van der Waals surface area (Å²) in [7, 11) is 1.60. The fourth-order valence-electron chi connectivity index (χ4n) is 6.54. The number of aryl methyl sites for hydroxylation is 1. The summed E-state index contributed by atoms with van der Waals surface area (Å²) < 4.78 is 26.7. The van der Waals surface area contributed by atoms with Crippen molar-refractivity contribution in [3.05, 3.63) is 82.7 Å². The van der Waals surface area contributed by atoms with Gasteiger partial charge in [-0.3, -0.25) is 4.79 Å². The standard InChI is InChI=1S/C33H37FO4/c1-20(32(35)36)25-13-9-22-8-10-24(18-27(22)25)38-19-21-7-12-26(29-17-23(37-4)11-14-31(29)34)28(16-21)30-6-5-15-33(30,2)3/h7-8,10-12,14,16-18,20,25,30H,5-6,9,13,15,19H2,1-4H3,(H,35,36)/t20?,25?,30-/m1/s1. The number of hydrogen-bond acceptors (Lipinski definition) is 3. The summed E-state index contributed by atoms with van der Waals surface area (Å²) in [4.78, 5) is 11.6. The highest BCUT2D eigenvalue weighted by molar-refractivity contribution is 5.72. The molecule has 0 saturated heterocycles. The van der Waals surface area contributed by atoms with Crippen molar-refractivity contribution in [3.8, 4) is 22.6 Å². The minimum absolute atomic E-state index is 0.0132. The summed E-state index contributed by atoms with van der Waals surface area (Å²) in [5.41, 5.74) is 6.09. The van der Waals surface area contributed by atoms with Crippen molar-refractivity contribution in [1.29, 1.82) is 0 Å².